The van der Waals surface area contributed by atoms with Gasteiger partial charge in [-0.3, -0.25) is 76.7 Å². The highest BCUT2D eigenvalue weighted by molar-refractivity contribution is 8.77. The molecule has 8 aliphatic heterocycles. The number of hydrogen-bond acceptors (Lipinski definition) is 24. The molecule has 0 spiro atoms. The highest BCUT2D eigenvalue weighted by Gasteiger charge is 2.41. The monoisotopic (exact) mass is 1480 g/mol. The van der Waals surface area contributed by atoms with Crippen molar-refractivity contribution in [3.63, 3.8) is 0 Å². The number of likely N-dealkylation sites (tertiary alicyclic amines) is 8. The summed E-state index contributed by atoms with van der Waals surface area (Å²) < 4.78 is 9.41. The normalized spacial score (nSPS) is 23.7. The van der Waals surface area contributed by atoms with Crippen LogP contribution in [0.2, 0.25) is 0 Å². The van der Waals surface area contributed by atoms with Crippen LogP contribution in [-0.4, -0.2) is 321 Å². The number of esters is 2. The van der Waals surface area contributed by atoms with E-state index in [1.807, 2.05) is 0 Å². The van der Waals surface area contributed by atoms with Crippen LogP contribution in [0.1, 0.15) is 64.2 Å². The molecule has 8 saturated heterocycles. The maximum atomic E-state index is 12.7. The van der Waals surface area contributed by atoms with Crippen molar-refractivity contribution in [1.82, 2.24) is 65.8 Å². The van der Waals surface area contributed by atoms with Gasteiger partial charge in [0.05, 0.1) is 55.6 Å². The topological polar surface area (TPSA) is 430 Å². The van der Waals surface area contributed by atoms with Gasteiger partial charge in [-0.15, -0.1) is 0 Å². The molecule has 8 rings (SSSR count). The summed E-state index contributed by atoms with van der Waals surface area (Å²) in [5.41, 5.74) is 10.9. The molecule has 100 heavy (non-hydrogen) atoms. The molecule has 33 nitrogen and oxygen atoms in total. The number of ketones is 1. The van der Waals surface area contributed by atoms with Gasteiger partial charge in [0.25, 0.3) is 0 Å². The molecule has 0 bridgehead atoms. The number of ether oxygens (including phenoxy) is 2. The lowest BCUT2D eigenvalue weighted by Gasteiger charge is -2.19. The summed E-state index contributed by atoms with van der Waals surface area (Å²) in [5, 5.41) is 14.0. The maximum absolute atomic E-state index is 12.7. The summed E-state index contributed by atoms with van der Waals surface area (Å²) in [6, 6.07) is 0. The van der Waals surface area contributed by atoms with Crippen LogP contribution in [-0.2, 0) is 86.2 Å². The van der Waals surface area contributed by atoms with E-state index in [1.54, 1.807) is 72.6 Å². The number of hydrogen-bond donors (Lipinski definition) is 7. The van der Waals surface area contributed by atoms with Crippen LogP contribution in [0.3, 0.4) is 0 Å². The Kier molecular flexibility index (Phi) is 32.6. The van der Waals surface area contributed by atoms with E-state index in [-0.39, 0.29) is 192 Å². The number of Topliss-reactive ketones (excluding diaryl/α,β-unsaturated/α-hetero) is 1. The van der Waals surface area contributed by atoms with Gasteiger partial charge in [-0.1, -0.05) is 43.2 Å². The first-order chi connectivity index (χ1) is 48.0. The quantitative estimate of drug-likeness (QED) is 0.0174. The lowest BCUT2D eigenvalue weighted by atomic mass is 9.99. The molecular weight excluding hydrogens is 1380 g/mol. The number of rotatable bonds is 39. The minimum atomic E-state index is -0.485. The lowest BCUT2D eigenvalue weighted by Crippen LogP contribution is -2.40. The van der Waals surface area contributed by atoms with E-state index < -0.39 is 53.4 Å². The van der Waals surface area contributed by atoms with E-state index in [9.17, 15) is 76.7 Å². The van der Waals surface area contributed by atoms with Gasteiger partial charge in [0, 0.05) is 231 Å². The summed E-state index contributed by atoms with van der Waals surface area (Å²) in [5.74, 6) is -3.66. The van der Waals surface area contributed by atoms with Crippen LogP contribution < -0.4 is 38.1 Å². The van der Waals surface area contributed by atoms with Gasteiger partial charge in [0.2, 0.25) is 76.8 Å². The number of methoxy groups -OCH3 is 2. The fourth-order valence-corrected chi connectivity index (χ4v) is 17.1. The molecule has 0 aromatic heterocycles. The van der Waals surface area contributed by atoms with E-state index in [0.717, 1.165) is 0 Å². The summed E-state index contributed by atoms with van der Waals surface area (Å²) in [4.78, 5) is 210. The minimum absolute atomic E-state index is 0.0537. The van der Waals surface area contributed by atoms with Gasteiger partial charge in [-0.25, -0.2) is 0 Å². The van der Waals surface area contributed by atoms with Gasteiger partial charge in [-0.2, -0.15) is 0 Å². The summed E-state index contributed by atoms with van der Waals surface area (Å²) >= 11 is 0. The largest absolute Gasteiger partial charge is 0.469 e. The zero-order valence-corrected chi connectivity index (χ0v) is 60.3. The first kappa shape index (κ1) is 80.4. The van der Waals surface area contributed by atoms with E-state index in [4.69, 9.17) is 20.9 Å². The molecular formula is C63H97N15O18S4. The fraction of sp³-hybridized carbons (Fsp3) is 0.746. The molecule has 0 radical (unpaired) electrons. The Morgan fingerprint density at radius 2 is 0.550 bits per heavy atom. The van der Waals surface area contributed by atoms with Crippen molar-refractivity contribution in [3.8, 4) is 0 Å². The van der Waals surface area contributed by atoms with E-state index >= 15 is 0 Å². The van der Waals surface area contributed by atoms with Gasteiger partial charge in [0.1, 0.15) is 5.78 Å². The molecule has 9 N–H and O–H groups in total. The second kappa shape index (κ2) is 40.6. The highest BCUT2D eigenvalue weighted by atomic mass is 33.1. The van der Waals surface area contributed by atoms with E-state index in [0.29, 0.717) is 134 Å². The Balaban J connectivity index is 0.000000282. The number of nitrogens with zero attached hydrogens (tertiary/aromatic N) is 8. The SMILES string of the molecule is COC(=O)C1CC(=O)N(CCNC(=O)C2CC(=O)N(CCSSCCN3CC(C(=O)NCCN4CC(C(=O)OC)CC4=O)CC3=O)C2)C1.NCCCC(=O)C1CC(=O)N(CCNC(=O)C2CC(=O)N(CCSSCCN3CC(C(=O)NCCN4CC(C(=O)NCCN)CC4=O)CC3=O)C2)C1. The van der Waals surface area contributed by atoms with Crippen molar-refractivity contribution in [2.75, 3.05) is 188 Å². The van der Waals surface area contributed by atoms with Crippen molar-refractivity contribution in [3.05, 3.63) is 0 Å². The third-order valence-corrected chi connectivity index (χ3v) is 23.6. The van der Waals surface area contributed by atoms with Crippen LogP contribution in [0.15, 0.2) is 0 Å². The molecule has 0 aliphatic carbocycles. The lowest BCUT2D eigenvalue weighted by molar-refractivity contribution is -0.145. The van der Waals surface area contributed by atoms with Crippen LogP contribution in [0.4, 0.5) is 0 Å². The van der Waals surface area contributed by atoms with Gasteiger partial charge < -0.3 is 86.7 Å². The Labute approximate surface area is 597 Å². The van der Waals surface area contributed by atoms with E-state index in [2.05, 4.69) is 26.6 Å². The first-order valence-corrected chi connectivity index (χ1v) is 39.2. The summed E-state index contributed by atoms with van der Waals surface area (Å²) in [7, 11) is 8.89. The molecule has 0 aromatic rings. The summed E-state index contributed by atoms with van der Waals surface area (Å²) in [6.07, 6.45) is 2.06. The number of nitrogens with two attached hydrogens (primary N) is 2. The second-order valence-corrected chi connectivity index (χ2v) is 31.3. The molecule has 37 heteroatoms. The predicted octanol–water partition coefficient (Wildman–Crippen LogP) is -4.28. The third kappa shape index (κ3) is 24.1. The van der Waals surface area contributed by atoms with Crippen LogP contribution in [0, 0.1) is 47.3 Å². The summed E-state index contributed by atoms with van der Waals surface area (Å²) in [6.45, 7) is 7.81. The van der Waals surface area contributed by atoms with Gasteiger partial charge in [0.15, 0.2) is 0 Å². The first-order valence-electron chi connectivity index (χ1n) is 34.2. The third-order valence-electron chi connectivity index (χ3n) is 18.8. The van der Waals surface area contributed by atoms with Crippen LogP contribution in [0.5, 0.6) is 0 Å². The fourth-order valence-electron chi connectivity index (χ4n) is 13.1. The zero-order valence-electron chi connectivity index (χ0n) is 57.0. The molecule has 8 fully saturated rings. The average molecular weight is 1480 g/mol. The smallest absolute Gasteiger partial charge is 0.310 e. The standard InChI is InChI=1S/C33H53N9O8S2.C30H44N6O10S2/c34-3-1-2-26(43)22-14-27(44)39(18-22)8-6-37-32(49)24-16-29(46)41(20-24)10-12-51-52-13-11-42-21-25(17-30(42)47)33(50)38-7-9-40-19-23(15-28(40)45)31(48)36-5-4-35;1-45-29(43)21-13-25(39)33(17-21)5-3-31-27(41)19-11-23(37)35(15-19)7-9-47-48-10-8-36-16-20(12-24(36)38)28(42)32-4-6-34-18-22(14-26(34)40)30(44)46-2/h22-25H,1-21,34-35H2,(H,36,48)(H,37,49)(H,38,50);19-22H,3-18H2,1-2H3,(H,31,41)(H,32,42). The van der Waals surface area contributed by atoms with Crippen molar-refractivity contribution in [1.29, 1.82) is 0 Å². The average Bonchev–Trinajstić information content (AvgIpc) is 1.76. The molecule has 8 heterocycles. The van der Waals surface area contributed by atoms with Crippen molar-refractivity contribution < 1.29 is 86.2 Å². The minimum Gasteiger partial charge on any atom is -0.469 e. The van der Waals surface area contributed by atoms with Crippen LogP contribution >= 0.6 is 43.2 Å². The highest BCUT2D eigenvalue weighted by Crippen LogP contribution is 2.29. The van der Waals surface area contributed by atoms with Gasteiger partial charge in [-0.05, 0) is 13.0 Å². The number of nitrogens with one attached hydrogen (secondary N) is 5. The molecule has 0 aromatic carbocycles. The van der Waals surface area contributed by atoms with E-state index in [1.165, 1.54) is 24.0 Å². The number of carbonyl (C=O) groups is 16. The maximum Gasteiger partial charge on any atom is 0.310 e. The Morgan fingerprint density at radius 3 is 0.800 bits per heavy atom. The zero-order chi connectivity index (χ0) is 72.4. The molecule has 8 aliphatic rings. The molecule has 556 valence electrons. The van der Waals surface area contributed by atoms with Gasteiger partial charge >= 0.3 is 11.9 Å². The molecule has 8 unspecified atom stereocenters. The molecule has 13 amide bonds. The molecule has 0 saturated carbocycles. The van der Waals surface area contributed by atoms with Crippen molar-refractivity contribution in [2.45, 2.75) is 64.2 Å². The van der Waals surface area contributed by atoms with Crippen molar-refractivity contribution >= 4 is 138 Å². The number of carbonyl (C=O) groups excluding carboxylic acids is 16. The Morgan fingerprint density at radius 1 is 0.330 bits per heavy atom. The predicted molar refractivity (Wildman–Crippen MR) is 369 cm³/mol. The Bertz CT molecular complexity index is 2800. The molecule has 8 atom stereocenters. The Hall–Kier alpha value is -6.96. The van der Waals surface area contributed by atoms with Crippen molar-refractivity contribution in [2.24, 2.45) is 58.8 Å². The second-order valence-electron chi connectivity index (χ2n) is 25.9. The number of amides is 13. The van der Waals surface area contributed by atoms with Crippen LogP contribution in [0.25, 0.3) is 0 Å².